The molecule has 0 rings (SSSR count). The maximum atomic E-state index is 10.7. The summed E-state index contributed by atoms with van der Waals surface area (Å²) in [6.45, 7) is 4.11. The van der Waals surface area contributed by atoms with Crippen LogP contribution in [0.5, 0.6) is 0 Å². The van der Waals surface area contributed by atoms with Gasteiger partial charge in [-0.05, 0) is 12.8 Å². The fourth-order valence-corrected chi connectivity index (χ4v) is 2.46. The molecule has 0 radical (unpaired) electrons. The van der Waals surface area contributed by atoms with Crippen molar-refractivity contribution in [3.8, 4) is 0 Å². The Kier molecular flexibility index (Phi) is 12.1. The molecule has 0 aromatic rings. The third-order valence-corrected chi connectivity index (χ3v) is 4.00. The molecule has 0 spiro atoms. The molecule has 0 aliphatic heterocycles. The van der Waals surface area contributed by atoms with Crippen molar-refractivity contribution in [1.29, 1.82) is 0 Å². The first kappa shape index (κ1) is 21.8. The Hall–Kier alpha value is -0.240. The molecular formula is C16H36N2O4. The van der Waals surface area contributed by atoms with Crippen LogP contribution in [0.3, 0.4) is 0 Å². The van der Waals surface area contributed by atoms with Crippen LogP contribution in [0.25, 0.3) is 0 Å². The van der Waals surface area contributed by atoms with Gasteiger partial charge in [0.2, 0.25) is 0 Å². The highest BCUT2D eigenvalue weighted by Gasteiger charge is 2.39. The van der Waals surface area contributed by atoms with E-state index in [2.05, 4.69) is 13.8 Å². The monoisotopic (exact) mass is 320 g/mol. The van der Waals surface area contributed by atoms with Gasteiger partial charge in [-0.2, -0.15) is 0 Å². The molecule has 0 bridgehead atoms. The lowest BCUT2D eigenvalue weighted by atomic mass is 9.99. The van der Waals surface area contributed by atoms with Crippen molar-refractivity contribution in [2.75, 3.05) is 13.1 Å². The van der Waals surface area contributed by atoms with Crippen molar-refractivity contribution >= 4 is 0 Å². The molecule has 6 nitrogen and oxygen atoms in total. The summed E-state index contributed by atoms with van der Waals surface area (Å²) in [5.74, 6) is -1.73. The standard InChI is InChI=1S/C16H36N2O4/c1-3-5-7-9-14(13(19)11-17)22-16(21,15(20)12-18)10-8-6-4-2/h13-15,19-21H,3-12,17-18H2,1-2H3. The van der Waals surface area contributed by atoms with Crippen LogP contribution in [0.4, 0.5) is 0 Å². The van der Waals surface area contributed by atoms with Crippen molar-refractivity contribution in [3.05, 3.63) is 0 Å². The lowest BCUT2D eigenvalue weighted by Crippen LogP contribution is -2.53. The van der Waals surface area contributed by atoms with E-state index < -0.39 is 24.1 Å². The summed E-state index contributed by atoms with van der Waals surface area (Å²) in [4.78, 5) is 0. The summed E-state index contributed by atoms with van der Waals surface area (Å²) in [5.41, 5.74) is 11.0. The minimum Gasteiger partial charge on any atom is -0.389 e. The minimum atomic E-state index is -1.73. The molecule has 0 fully saturated rings. The molecule has 0 amide bonds. The van der Waals surface area contributed by atoms with Crippen LogP contribution in [0.1, 0.15) is 65.2 Å². The Morgan fingerprint density at radius 1 is 0.955 bits per heavy atom. The molecule has 22 heavy (non-hydrogen) atoms. The van der Waals surface area contributed by atoms with E-state index in [1.165, 1.54) is 0 Å². The van der Waals surface area contributed by atoms with E-state index in [4.69, 9.17) is 16.2 Å². The van der Waals surface area contributed by atoms with Gasteiger partial charge in [0.05, 0.1) is 12.2 Å². The average Bonchev–Trinajstić information content (AvgIpc) is 2.52. The number of nitrogens with two attached hydrogens (primary N) is 2. The zero-order valence-corrected chi connectivity index (χ0v) is 14.2. The van der Waals surface area contributed by atoms with E-state index in [-0.39, 0.29) is 13.1 Å². The van der Waals surface area contributed by atoms with Crippen LogP contribution in [-0.2, 0) is 4.74 Å². The summed E-state index contributed by atoms with van der Waals surface area (Å²) in [7, 11) is 0. The van der Waals surface area contributed by atoms with Crippen LogP contribution in [0.2, 0.25) is 0 Å². The molecule has 4 atom stereocenters. The van der Waals surface area contributed by atoms with Crippen LogP contribution >= 0.6 is 0 Å². The van der Waals surface area contributed by atoms with Gasteiger partial charge in [0.15, 0.2) is 5.79 Å². The van der Waals surface area contributed by atoms with E-state index >= 15 is 0 Å². The highest BCUT2D eigenvalue weighted by molar-refractivity contribution is 4.82. The summed E-state index contributed by atoms with van der Waals surface area (Å²) >= 11 is 0. The van der Waals surface area contributed by atoms with E-state index in [0.717, 1.165) is 38.5 Å². The van der Waals surface area contributed by atoms with Gasteiger partial charge in [0.25, 0.3) is 0 Å². The zero-order valence-electron chi connectivity index (χ0n) is 14.2. The predicted molar refractivity (Wildman–Crippen MR) is 88.2 cm³/mol. The number of hydrogen-bond donors (Lipinski definition) is 5. The van der Waals surface area contributed by atoms with Gasteiger partial charge in [-0.25, -0.2) is 0 Å². The number of hydrogen-bond acceptors (Lipinski definition) is 6. The average molecular weight is 320 g/mol. The molecule has 0 saturated carbocycles. The van der Waals surface area contributed by atoms with Gasteiger partial charge in [-0.1, -0.05) is 46.0 Å². The third kappa shape index (κ3) is 7.85. The maximum Gasteiger partial charge on any atom is 0.193 e. The van der Waals surface area contributed by atoms with Crippen molar-refractivity contribution in [2.45, 2.75) is 89.3 Å². The Morgan fingerprint density at radius 3 is 2.05 bits per heavy atom. The summed E-state index contributed by atoms with van der Waals surface area (Å²) in [6, 6.07) is 0. The SMILES string of the molecule is CCCCCC(OC(O)(CCCCC)C(O)CN)C(O)CN. The largest absolute Gasteiger partial charge is 0.389 e. The summed E-state index contributed by atoms with van der Waals surface area (Å²) < 4.78 is 5.73. The second-order valence-electron chi connectivity index (χ2n) is 6.01. The maximum absolute atomic E-state index is 10.7. The molecule has 134 valence electrons. The van der Waals surface area contributed by atoms with E-state index in [0.29, 0.717) is 12.8 Å². The van der Waals surface area contributed by atoms with Crippen molar-refractivity contribution in [2.24, 2.45) is 11.5 Å². The predicted octanol–water partition coefficient (Wildman–Crippen LogP) is 0.860. The van der Waals surface area contributed by atoms with Crippen molar-refractivity contribution < 1.29 is 20.1 Å². The molecule has 0 aliphatic rings. The number of rotatable bonds is 14. The molecule has 0 aromatic heterocycles. The highest BCUT2D eigenvalue weighted by atomic mass is 16.6. The Balaban J connectivity index is 4.84. The first-order chi connectivity index (χ1) is 10.4. The molecule has 0 heterocycles. The quantitative estimate of drug-likeness (QED) is 0.239. The molecule has 7 N–H and O–H groups in total. The second kappa shape index (κ2) is 12.2. The van der Waals surface area contributed by atoms with Crippen LogP contribution in [-0.4, -0.2) is 52.5 Å². The summed E-state index contributed by atoms with van der Waals surface area (Å²) in [5, 5.41) is 30.7. The lowest BCUT2D eigenvalue weighted by Gasteiger charge is -2.37. The van der Waals surface area contributed by atoms with Crippen molar-refractivity contribution in [1.82, 2.24) is 0 Å². The van der Waals surface area contributed by atoms with Gasteiger partial charge in [-0.15, -0.1) is 0 Å². The molecule has 0 aliphatic carbocycles. The van der Waals surface area contributed by atoms with Crippen LogP contribution in [0.15, 0.2) is 0 Å². The normalized spacial score (nSPS) is 18.7. The van der Waals surface area contributed by atoms with Crippen molar-refractivity contribution in [3.63, 3.8) is 0 Å². The minimum absolute atomic E-state index is 0.0561. The lowest BCUT2D eigenvalue weighted by molar-refractivity contribution is -0.290. The summed E-state index contributed by atoms with van der Waals surface area (Å²) in [6.07, 6.45) is 3.87. The fraction of sp³-hybridized carbons (Fsp3) is 1.00. The Morgan fingerprint density at radius 2 is 1.55 bits per heavy atom. The molecule has 0 aromatic carbocycles. The topological polar surface area (TPSA) is 122 Å². The fourth-order valence-electron chi connectivity index (χ4n) is 2.46. The zero-order chi connectivity index (χ0) is 17.0. The smallest absolute Gasteiger partial charge is 0.193 e. The van der Waals surface area contributed by atoms with E-state index in [1.54, 1.807) is 0 Å². The highest BCUT2D eigenvalue weighted by Crippen LogP contribution is 2.26. The van der Waals surface area contributed by atoms with Gasteiger partial charge in [0.1, 0.15) is 6.10 Å². The van der Waals surface area contributed by atoms with Crippen LogP contribution in [0, 0.1) is 0 Å². The molecular weight excluding hydrogens is 284 g/mol. The number of ether oxygens (including phenoxy) is 1. The van der Waals surface area contributed by atoms with E-state index in [1.807, 2.05) is 0 Å². The third-order valence-electron chi connectivity index (χ3n) is 4.00. The second-order valence-corrected chi connectivity index (χ2v) is 6.01. The first-order valence-electron chi connectivity index (χ1n) is 8.61. The molecule has 0 saturated heterocycles. The van der Waals surface area contributed by atoms with E-state index in [9.17, 15) is 15.3 Å². The van der Waals surface area contributed by atoms with Gasteiger partial charge < -0.3 is 31.5 Å². The van der Waals surface area contributed by atoms with Gasteiger partial charge >= 0.3 is 0 Å². The van der Waals surface area contributed by atoms with Gasteiger partial charge in [0, 0.05) is 19.5 Å². The number of aliphatic hydroxyl groups excluding tert-OH is 2. The molecule has 6 heteroatoms. The molecule has 4 unspecified atom stereocenters. The Bertz CT molecular complexity index is 269. The first-order valence-corrected chi connectivity index (χ1v) is 8.61. The van der Waals surface area contributed by atoms with Crippen LogP contribution < -0.4 is 11.5 Å². The van der Waals surface area contributed by atoms with Gasteiger partial charge in [-0.3, -0.25) is 0 Å². The number of aliphatic hydroxyl groups is 3. The Labute approximate surface area is 134 Å². The number of unbranched alkanes of at least 4 members (excludes halogenated alkanes) is 4.